The van der Waals surface area contributed by atoms with E-state index >= 15 is 0 Å². The van der Waals surface area contributed by atoms with Gasteiger partial charge in [0.15, 0.2) is 11.1 Å². The van der Waals surface area contributed by atoms with Gasteiger partial charge >= 0.3 is 6.03 Å². The molecule has 1 saturated heterocycles. The van der Waals surface area contributed by atoms with Crippen LogP contribution in [0.2, 0.25) is 0 Å². The van der Waals surface area contributed by atoms with Crippen molar-refractivity contribution in [1.29, 1.82) is 0 Å². The fourth-order valence-electron chi connectivity index (χ4n) is 4.71. The van der Waals surface area contributed by atoms with Crippen molar-refractivity contribution in [2.75, 3.05) is 13.7 Å². The molecule has 6 rings (SSSR count). The first-order chi connectivity index (χ1) is 17.4. The van der Waals surface area contributed by atoms with E-state index in [2.05, 4.69) is 15.6 Å². The van der Waals surface area contributed by atoms with Crippen LogP contribution in [0.4, 0.5) is 4.79 Å². The molecule has 2 aromatic carbocycles. The first-order valence-electron chi connectivity index (χ1n) is 11.2. The molecule has 10 heteroatoms. The Morgan fingerprint density at radius 1 is 1.14 bits per heavy atom. The number of phenolic OH excluding ortho intramolecular Hbond substituents is 1. The second-order valence-corrected chi connectivity index (χ2v) is 8.77. The summed E-state index contributed by atoms with van der Waals surface area (Å²) in [6, 6.07) is 14.7. The quantitative estimate of drug-likeness (QED) is 0.371. The topological polar surface area (TPSA) is 134 Å². The van der Waals surface area contributed by atoms with E-state index in [-0.39, 0.29) is 30.5 Å². The number of aromatic hydroxyl groups is 1. The van der Waals surface area contributed by atoms with Crippen molar-refractivity contribution in [1.82, 2.24) is 20.5 Å². The predicted molar refractivity (Wildman–Crippen MR) is 127 cm³/mol. The predicted octanol–water partition coefficient (Wildman–Crippen LogP) is 2.90. The van der Waals surface area contributed by atoms with Crippen LogP contribution in [-0.2, 0) is 16.9 Å². The number of hydrogen-bond donors (Lipinski definition) is 3. The maximum absolute atomic E-state index is 13.2. The minimum Gasteiger partial charge on any atom is -0.508 e. The van der Waals surface area contributed by atoms with Crippen molar-refractivity contribution >= 4 is 28.8 Å². The molecule has 3 N–H and O–H groups in total. The lowest BCUT2D eigenvalue weighted by atomic mass is 9.95. The van der Waals surface area contributed by atoms with Gasteiger partial charge in [0.25, 0.3) is 11.8 Å². The number of ether oxygens (including phenoxy) is 1. The van der Waals surface area contributed by atoms with E-state index < -0.39 is 17.5 Å². The Balaban J connectivity index is 1.38. The number of benzene rings is 2. The monoisotopic (exact) mass is 484 g/mol. The van der Waals surface area contributed by atoms with Gasteiger partial charge in [-0.2, -0.15) is 0 Å². The summed E-state index contributed by atoms with van der Waals surface area (Å²) in [6.07, 6.45) is 1.52. The molecule has 0 aliphatic carbocycles. The smallest absolute Gasteiger partial charge is 0.322 e. The fourth-order valence-corrected chi connectivity index (χ4v) is 4.71. The van der Waals surface area contributed by atoms with Gasteiger partial charge in [0.1, 0.15) is 17.3 Å². The van der Waals surface area contributed by atoms with Gasteiger partial charge < -0.3 is 24.5 Å². The van der Waals surface area contributed by atoms with Crippen LogP contribution < -0.4 is 15.4 Å². The molecular formula is C26H20N4O6. The number of carbonyl (C=O) groups excluding carboxylic acids is 3. The minimum absolute atomic E-state index is 0.112. The zero-order valence-corrected chi connectivity index (χ0v) is 19.1. The van der Waals surface area contributed by atoms with Gasteiger partial charge in [0.2, 0.25) is 0 Å². The van der Waals surface area contributed by atoms with E-state index in [1.54, 1.807) is 42.5 Å². The van der Waals surface area contributed by atoms with Crippen LogP contribution in [-0.4, -0.2) is 46.5 Å². The third kappa shape index (κ3) is 3.34. The molecule has 2 aliphatic rings. The van der Waals surface area contributed by atoms with Gasteiger partial charge in [-0.05, 0) is 42.0 Å². The molecule has 2 aliphatic heterocycles. The SMILES string of the molecule is COc1ccc2c(c1)C(=O)N(C[C@@]1(c3cc4cc(-c5cccc(O)c5)ncc4o3)NC(=O)NC1=O)C2. The highest BCUT2D eigenvalue weighted by atomic mass is 16.5. The average molecular weight is 484 g/mol. The van der Waals surface area contributed by atoms with Crippen molar-refractivity contribution < 1.29 is 28.6 Å². The zero-order valence-electron chi connectivity index (χ0n) is 19.1. The van der Waals surface area contributed by atoms with Gasteiger partial charge in [-0.25, -0.2) is 4.79 Å². The van der Waals surface area contributed by atoms with Gasteiger partial charge in [-0.15, -0.1) is 0 Å². The molecule has 0 radical (unpaired) electrons. The standard InChI is InChI=1S/C26H20N4O6/c1-35-18-6-5-15-12-30(23(32)19(15)10-18)13-26(24(33)28-25(34)29-26)22-9-16-8-20(27-11-21(16)36-22)14-3-2-4-17(31)7-14/h2-11,31H,12-13H2,1H3,(H2,28,29,33,34)/t26-/m0/s1. The molecule has 36 heavy (non-hydrogen) atoms. The summed E-state index contributed by atoms with van der Waals surface area (Å²) in [5.74, 6) is -0.0503. The van der Waals surface area contributed by atoms with Gasteiger partial charge in [-0.3, -0.25) is 19.9 Å². The molecular weight excluding hydrogens is 464 g/mol. The van der Waals surface area contributed by atoms with Crippen LogP contribution in [0.5, 0.6) is 11.5 Å². The largest absolute Gasteiger partial charge is 0.508 e. The number of hydrogen-bond acceptors (Lipinski definition) is 7. The molecule has 4 amide bonds. The van der Waals surface area contributed by atoms with Crippen LogP contribution in [0.25, 0.3) is 22.2 Å². The summed E-state index contributed by atoms with van der Waals surface area (Å²) < 4.78 is 11.2. The summed E-state index contributed by atoms with van der Waals surface area (Å²) in [7, 11) is 1.52. The van der Waals surface area contributed by atoms with E-state index in [0.717, 1.165) is 5.56 Å². The van der Waals surface area contributed by atoms with Crippen LogP contribution >= 0.6 is 0 Å². The number of amides is 4. The van der Waals surface area contributed by atoms with Gasteiger partial charge in [-0.1, -0.05) is 18.2 Å². The summed E-state index contributed by atoms with van der Waals surface area (Å²) >= 11 is 0. The average Bonchev–Trinajstić information content (AvgIpc) is 3.52. The highest BCUT2D eigenvalue weighted by Crippen LogP contribution is 2.35. The number of fused-ring (bicyclic) bond motifs is 2. The summed E-state index contributed by atoms with van der Waals surface area (Å²) in [4.78, 5) is 44.5. The van der Waals surface area contributed by atoms with Crippen LogP contribution in [0.1, 0.15) is 21.7 Å². The summed E-state index contributed by atoms with van der Waals surface area (Å²) in [5.41, 5.74) is 1.37. The Morgan fingerprint density at radius 2 is 2.00 bits per heavy atom. The summed E-state index contributed by atoms with van der Waals surface area (Å²) in [6.45, 7) is 0.138. The Labute approximate surface area is 204 Å². The second-order valence-electron chi connectivity index (χ2n) is 8.77. The third-order valence-corrected chi connectivity index (χ3v) is 6.53. The number of phenols is 1. The third-order valence-electron chi connectivity index (χ3n) is 6.53. The number of carbonyl (C=O) groups is 3. The molecule has 0 unspecified atom stereocenters. The van der Waals surface area contributed by atoms with Crippen molar-refractivity contribution in [3.63, 3.8) is 0 Å². The molecule has 4 aromatic rings. The first-order valence-corrected chi connectivity index (χ1v) is 11.2. The number of rotatable bonds is 5. The molecule has 0 saturated carbocycles. The first kappa shape index (κ1) is 21.7. The number of aromatic nitrogens is 1. The maximum Gasteiger partial charge on any atom is 0.322 e. The number of imide groups is 1. The van der Waals surface area contributed by atoms with Crippen LogP contribution in [0.15, 0.2) is 65.2 Å². The molecule has 1 atom stereocenters. The molecule has 1 fully saturated rings. The Morgan fingerprint density at radius 3 is 2.75 bits per heavy atom. The Bertz CT molecular complexity index is 1580. The van der Waals surface area contributed by atoms with Crippen LogP contribution in [0.3, 0.4) is 0 Å². The molecule has 0 bridgehead atoms. The molecule has 0 spiro atoms. The van der Waals surface area contributed by atoms with Crippen molar-refractivity contribution in [2.45, 2.75) is 12.1 Å². The van der Waals surface area contributed by atoms with Gasteiger partial charge in [0, 0.05) is 23.1 Å². The molecule has 2 aromatic heterocycles. The fraction of sp³-hybridized carbons (Fsp3) is 0.154. The highest BCUT2D eigenvalue weighted by molar-refractivity contribution is 6.08. The van der Waals surface area contributed by atoms with Crippen molar-refractivity contribution in [3.05, 3.63) is 77.7 Å². The lowest BCUT2D eigenvalue weighted by Gasteiger charge is -2.29. The lowest BCUT2D eigenvalue weighted by Crippen LogP contribution is -2.52. The minimum atomic E-state index is -1.62. The summed E-state index contributed by atoms with van der Waals surface area (Å²) in [5, 5.41) is 15.4. The number of pyridine rings is 1. The normalized spacial score (nSPS) is 18.9. The van der Waals surface area contributed by atoms with Crippen LogP contribution in [0, 0.1) is 0 Å². The number of nitrogens with zero attached hydrogens (tertiary/aromatic N) is 2. The number of nitrogens with one attached hydrogen (secondary N) is 2. The van der Waals surface area contributed by atoms with E-state index in [4.69, 9.17) is 9.15 Å². The van der Waals surface area contributed by atoms with Gasteiger partial charge in [0.05, 0.1) is 25.5 Å². The number of urea groups is 1. The molecule has 10 nitrogen and oxygen atoms in total. The van der Waals surface area contributed by atoms with E-state index in [1.807, 2.05) is 12.1 Å². The van der Waals surface area contributed by atoms with Crippen molar-refractivity contribution in [2.24, 2.45) is 0 Å². The number of methoxy groups -OCH3 is 1. The molecule has 180 valence electrons. The van der Waals surface area contributed by atoms with E-state index in [1.165, 1.54) is 18.2 Å². The highest BCUT2D eigenvalue weighted by Gasteiger charge is 2.53. The second kappa shape index (κ2) is 7.84. The van der Waals surface area contributed by atoms with E-state index in [0.29, 0.717) is 33.5 Å². The van der Waals surface area contributed by atoms with Crippen molar-refractivity contribution in [3.8, 4) is 22.8 Å². The Kier molecular flexibility index (Phi) is 4.72. The maximum atomic E-state index is 13.2. The lowest BCUT2D eigenvalue weighted by molar-refractivity contribution is -0.125. The number of furan rings is 1. The Hall–Kier alpha value is -4.86. The van der Waals surface area contributed by atoms with E-state index in [9.17, 15) is 19.5 Å². The zero-order chi connectivity index (χ0) is 25.0. The molecule has 4 heterocycles.